The van der Waals surface area contributed by atoms with Crippen LogP contribution in [0.15, 0.2) is 36.5 Å². The Morgan fingerprint density at radius 2 is 2.22 bits per heavy atom. The van der Waals surface area contributed by atoms with Gasteiger partial charge in [0, 0.05) is 29.6 Å². The van der Waals surface area contributed by atoms with Gasteiger partial charge in [0.25, 0.3) is 5.91 Å². The highest BCUT2D eigenvalue weighted by molar-refractivity contribution is 6.04. The second-order valence-corrected chi connectivity index (χ2v) is 5.76. The molecule has 120 valence electrons. The van der Waals surface area contributed by atoms with Gasteiger partial charge >= 0.3 is 0 Å². The van der Waals surface area contributed by atoms with E-state index in [-0.39, 0.29) is 11.9 Å². The standard InChI is InChI=1S/C18H21N3O2/c1-2-23-17-11-14(7-8-20-17)18(22)21-16-6-4-12-9-15(19)5-3-13(12)10-16/h4,6-8,10-11,15H,2-3,5,9,19H2,1H3,(H,21,22)/t15-/m0/s1. The summed E-state index contributed by atoms with van der Waals surface area (Å²) in [6.07, 6.45) is 4.44. The lowest BCUT2D eigenvalue weighted by atomic mass is 9.88. The Morgan fingerprint density at radius 1 is 1.35 bits per heavy atom. The molecule has 1 aliphatic carbocycles. The SMILES string of the molecule is CCOc1cc(C(=O)Nc2ccc3c(c2)CC[C@H](N)C3)ccn1. The quantitative estimate of drug-likeness (QED) is 0.909. The highest BCUT2D eigenvalue weighted by atomic mass is 16.5. The molecular weight excluding hydrogens is 290 g/mol. The molecular formula is C18H21N3O2. The Morgan fingerprint density at radius 3 is 3.04 bits per heavy atom. The Balaban J connectivity index is 1.74. The predicted molar refractivity (Wildman–Crippen MR) is 89.8 cm³/mol. The molecule has 0 saturated heterocycles. The molecule has 0 saturated carbocycles. The van der Waals surface area contributed by atoms with Crippen molar-refractivity contribution >= 4 is 11.6 Å². The van der Waals surface area contributed by atoms with Crippen molar-refractivity contribution in [1.29, 1.82) is 0 Å². The fourth-order valence-corrected chi connectivity index (χ4v) is 2.84. The van der Waals surface area contributed by atoms with E-state index in [9.17, 15) is 4.79 Å². The summed E-state index contributed by atoms with van der Waals surface area (Å²) in [5.74, 6) is 0.292. The monoisotopic (exact) mass is 311 g/mol. The molecule has 23 heavy (non-hydrogen) atoms. The maximum absolute atomic E-state index is 12.4. The molecule has 3 N–H and O–H groups in total. The zero-order valence-corrected chi connectivity index (χ0v) is 13.2. The van der Waals surface area contributed by atoms with E-state index in [1.54, 1.807) is 18.3 Å². The summed E-state index contributed by atoms with van der Waals surface area (Å²) >= 11 is 0. The molecule has 1 aromatic heterocycles. The van der Waals surface area contributed by atoms with Crippen molar-refractivity contribution < 1.29 is 9.53 Å². The Bertz CT molecular complexity index is 715. The summed E-state index contributed by atoms with van der Waals surface area (Å²) in [5.41, 5.74) is 9.89. The largest absolute Gasteiger partial charge is 0.478 e. The van der Waals surface area contributed by atoms with Crippen LogP contribution in [0.4, 0.5) is 5.69 Å². The molecule has 1 heterocycles. The molecule has 0 radical (unpaired) electrons. The number of ether oxygens (including phenoxy) is 1. The minimum atomic E-state index is -0.166. The molecule has 5 heteroatoms. The number of nitrogens with zero attached hydrogens (tertiary/aromatic N) is 1. The Hall–Kier alpha value is -2.40. The van der Waals surface area contributed by atoms with E-state index in [0.717, 1.165) is 24.9 Å². The normalized spacial score (nSPS) is 16.5. The maximum Gasteiger partial charge on any atom is 0.255 e. The zero-order valence-electron chi connectivity index (χ0n) is 13.2. The number of anilines is 1. The van der Waals surface area contributed by atoms with Crippen molar-refractivity contribution in [2.45, 2.75) is 32.2 Å². The first-order valence-electron chi connectivity index (χ1n) is 7.93. The van der Waals surface area contributed by atoms with Crippen molar-refractivity contribution in [2.24, 2.45) is 5.73 Å². The third kappa shape index (κ3) is 3.68. The summed E-state index contributed by atoms with van der Waals surface area (Å²) < 4.78 is 5.33. The van der Waals surface area contributed by atoms with E-state index in [4.69, 9.17) is 10.5 Å². The van der Waals surface area contributed by atoms with Crippen LogP contribution >= 0.6 is 0 Å². The smallest absolute Gasteiger partial charge is 0.255 e. The van der Waals surface area contributed by atoms with Gasteiger partial charge < -0.3 is 15.8 Å². The first-order chi connectivity index (χ1) is 11.2. The zero-order chi connectivity index (χ0) is 16.2. The number of carbonyl (C=O) groups excluding carboxylic acids is 1. The van der Waals surface area contributed by atoms with Crippen LogP contribution in [-0.4, -0.2) is 23.5 Å². The molecule has 0 unspecified atom stereocenters. The minimum absolute atomic E-state index is 0.166. The van der Waals surface area contributed by atoms with Crippen molar-refractivity contribution in [2.75, 3.05) is 11.9 Å². The van der Waals surface area contributed by atoms with E-state index in [2.05, 4.69) is 16.4 Å². The lowest BCUT2D eigenvalue weighted by Gasteiger charge is -2.22. The topological polar surface area (TPSA) is 77.2 Å². The first-order valence-corrected chi connectivity index (χ1v) is 7.93. The molecule has 1 aromatic carbocycles. The Kier molecular flexibility index (Phi) is 4.57. The number of hydrogen-bond donors (Lipinski definition) is 2. The number of hydrogen-bond acceptors (Lipinski definition) is 4. The molecule has 2 aromatic rings. The lowest BCUT2D eigenvalue weighted by Crippen LogP contribution is -2.27. The van der Waals surface area contributed by atoms with Gasteiger partial charge in [0.2, 0.25) is 5.88 Å². The van der Waals surface area contributed by atoms with Gasteiger partial charge in [-0.2, -0.15) is 0 Å². The van der Waals surface area contributed by atoms with Crippen LogP contribution in [-0.2, 0) is 12.8 Å². The summed E-state index contributed by atoms with van der Waals surface area (Å²) in [5, 5.41) is 2.94. The maximum atomic E-state index is 12.4. The van der Waals surface area contributed by atoms with Crippen LogP contribution in [0.2, 0.25) is 0 Å². The fourth-order valence-electron chi connectivity index (χ4n) is 2.84. The van der Waals surface area contributed by atoms with Gasteiger partial charge in [0.05, 0.1) is 6.61 Å². The first kappa shape index (κ1) is 15.5. The fraction of sp³-hybridized carbons (Fsp3) is 0.333. The van der Waals surface area contributed by atoms with E-state index in [1.807, 2.05) is 19.1 Å². The molecule has 0 aliphatic heterocycles. The van der Waals surface area contributed by atoms with Crippen LogP contribution in [0.3, 0.4) is 0 Å². The number of amides is 1. The molecule has 1 aliphatic rings. The van der Waals surface area contributed by atoms with Gasteiger partial charge in [-0.05, 0) is 55.5 Å². The molecule has 0 fully saturated rings. The number of rotatable bonds is 4. The molecule has 5 nitrogen and oxygen atoms in total. The molecule has 0 bridgehead atoms. The average molecular weight is 311 g/mol. The van der Waals surface area contributed by atoms with Gasteiger partial charge in [-0.1, -0.05) is 6.07 Å². The lowest BCUT2D eigenvalue weighted by molar-refractivity contribution is 0.102. The molecule has 1 atom stereocenters. The number of nitrogens with one attached hydrogen (secondary N) is 1. The van der Waals surface area contributed by atoms with Crippen molar-refractivity contribution in [3.8, 4) is 5.88 Å². The van der Waals surface area contributed by atoms with Crippen LogP contribution in [0.1, 0.15) is 34.8 Å². The third-order valence-electron chi connectivity index (χ3n) is 4.02. The van der Waals surface area contributed by atoms with Crippen LogP contribution in [0.5, 0.6) is 5.88 Å². The summed E-state index contributed by atoms with van der Waals surface area (Å²) in [6.45, 7) is 2.40. The van der Waals surface area contributed by atoms with Crippen LogP contribution < -0.4 is 15.8 Å². The number of nitrogens with two attached hydrogens (primary N) is 1. The highest BCUT2D eigenvalue weighted by Crippen LogP contribution is 2.24. The molecule has 0 spiro atoms. The highest BCUT2D eigenvalue weighted by Gasteiger charge is 2.16. The van der Waals surface area contributed by atoms with Crippen LogP contribution in [0.25, 0.3) is 0 Å². The minimum Gasteiger partial charge on any atom is -0.478 e. The van der Waals surface area contributed by atoms with Crippen molar-refractivity contribution in [1.82, 2.24) is 4.98 Å². The molecule has 1 amide bonds. The van der Waals surface area contributed by atoms with E-state index < -0.39 is 0 Å². The van der Waals surface area contributed by atoms with E-state index >= 15 is 0 Å². The second-order valence-electron chi connectivity index (χ2n) is 5.76. The van der Waals surface area contributed by atoms with Crippen LogP contribution in [0, 0.1) is 0 Å². The van der Waals surface area contributed by atoms with E-state index in [0.29, 0.717) is 18.1 Å². The van der Waals surface area contributed by atoms with Gasteiger partial charge in [0.15, 0.2) is 0 Å². The number of carbonyl (C=O) groups is 1. The van der Waals surface area contributed by atoms with Gasteiger partial charge in [-0.15, -0.1) is 0 Å². The number of benzene rings is 1. The van der Waals surface area contributed by atoms with Gasteiger partial charge in [0.1, 0.15) is 0 Å². The van der Waals surface area contributed by atoms with Crippen molar-refractivity contribution in [3.63, 3.8) is 0 Å². The Labute approximate surface area is 135 Å². The second kappa shape index (κ2) is 6.79. The number of pyridine rings is 1. The summed E-state index contributed by atoms with van der Waals surface area (Å²) in [6, 6.07) is 9.60. The number of aryl methyl sites for hydroxylation is 1. The number of fused-ring (bicyclic) bond motifs is 1. The molecule has 3 rings (SSSR count). The average Bonchev–Trinajstić information content (AvgIpc) is 2.55. The summed E-state index contributed by atoms with van der Waals surface area (Å²) in [4.78, 5) is 16.4. The van der Waals surface area contributed by atoms with E-state index in [1.165, 1.54) is 11.1 Å². The summed E-state index contributed by atoms with van der Waals surface area (Å²) in [7, 11) is 0. The van der Waals surface area contributed by atoms with Gasteiger partial charge in [-0.3, -0.25) is 4.79 Å². The predicted octanol–water partition coefficient (Wildman–Crippen LogP) is 2.55. The third-order valence-corrected chi connectivity index (χ3v) is 4.02. The van der Waals surface area contributed by atoms with Crippen molar-refractivity contribution in [3.05, 3.63) is 53.2 Å². The number of aromatic nitrogens is 1. The van der Waals surface area contributed by atoms with Gasteiger partial charge in [-0.25, -0.2) is 4.98 Å².